The number of hydrogen-bond acceptors (Lipinski definition) is 1. The predicted molar refractivity (Wildman–Crippen MR) is 53.3 cm³/mol. The van der Waals surface area contributed by atoms with Crippen LogP contribution < -0.4 is 0 Å². The van der Waals surface area contributed by atoms with Crippen molar-refractivity contribution in [2.45, 2.75) is 6.92 Å². The molecule has 0 atom stereocenters. The first kappa shape index (κ1) is 9.83. The minimum Gasteiger partial charge on any atom is -0.275 e. The van der Waals surface area contributed by atoms with Crippen molar-refractivity contribution < 1.29 is 8.78 Å². The SMILES string of the molecule is Cc1nn(C)cc1-c1c(F)cccc1F. The molecule has 0 saturated heterocycles. The minimum atomic E-state index is -0.564. The van der Waals surface area contributed by atoms with Crippen molar-refractivity contribution in [3.63, 3.8) is 0 Å². The van der Waals surface area contributed by atoms with Crippen LogP contribution in [0.1, 0.15) is 5.69 Å². The van der Waals surface area contributed by atoms with E-state index in [0.717, 1.165) is 0 Å². The first-order valence-electron chi connectivity index (χ1n) is 4.54. The maximum Gasteiger partial charge on any atom is 0.134 e. The summed E-state index contributed by atoms with van der Waals surface area (Å²) < 4.78 is 28.4. The van der Waals surface area contributed by atoms with E-state index < -0.39 is 11.6 Å². The number of rotatable bonds is 1. The fraction of sp³-hybridized carbons (Fsp3) is 0.182. The van der Waals surface area contributed by atoms with Gasteiger partial charge in [0.15, 0.2) is 0 Å². The number of aryl methyl sites for hydroxylation is 2. The second-order valence-corrected chi connectivity index (χ2v) is 3.40. The molecule has 0 aliphatic heterocycles. The highest BCUT2D eigenvalue weighted by Gasteiger charge is 2.14. The van der Waals surface area contributed by atoms with Gasteiger partial charge in [-0.1, -0.05) is 6.07 Å². The summed E-state index contributed by atoms with van der Waals surface area (Å²) in [5, 5.41) is 4.05. The van der Waals surface area contributed by atoms with Crippen LogP contribution in [-0.2, 0) is 7.05 Å². The molecule has 0 unspecified atom stereocenters. The lowest BCUT2D eigenvalue weighted by molar-refractivity contribution is 0.589. The van der Waals surface area contributed by atoms with E-state index in [1.54, 1.807) is 20.2 Å². The number of benzene rings is 1. The highest BCUT2D eigenvalue weighted by atomic mass is 19.1. The molecule has 0 aliphatic rings. The molecule has 15 heavy (non-hydrogen) atoms. The standard InChI is InChI=1S/C11H10F2N2/c1-7-8(6-15(2)14-7)11-9(12)4-3-5-10(11)13/h3-6H,1-2H3. The zero-order valence-electron chi connectivity index (χ0n) is 8.46. The van der Waals surface area contributed by atoms with Gasteiger partial charge in [-0.25, -0.2) is 8.78 Å². The molecule has 0 saturated carbocycles. The number of hydrogen-bond donors (Lipinski definition) is 0. The van der Waals surface area contributed by atoms with Gasteiger partial charge in [-0.2, -0.15) is 5.10 Å². The summed E-state index contributed by atoms with van der Waals surface area (Å²) in [7, 11) is 1.72. The molecule has 0 bridgehead atoms. The van der Waals surface area contributed by atoms with Crippen molar-refractivity contribution in [3.05, 3.63) is 41.7 Å². The molecule has 1 heterocycles. The maximum atomic E-state index is 13.4. The Morgan fingerprint density at radius 3 is 2.27 bits per heavy atom. The fourth-order valence-electron chi connectivity index (χ4n) is 1.60. The summed E-state index contributed by atoms with van der Waals surface area (Å²) in [5.41, 5.74) is 1.10. The van der Waals surface area contributed by atoms with Crippen LogP contribution in [0.3, 0.4) is 0 Å². The van der Waals surface area contributed by atoms with Crippen LogP contribution in [0, 0.1) is 18.6 Å². The minimum absolute atomic E-state index is 0.0110. The molecule has 78 valence electrons. The van der Waals surface area contributed by atoms with Crippen LogP contribution in [-0.4, -0.2) is 9.78 Å². The molecular weight excluding hydrogens is 198 g/mol. The summed E-state index contributed by atoms with van der Waals surface area (Å²) in [5.74, 6) is -1.13. The van der Waals surface area contributed by atoms with Gasteiger partial charge in [-0.15, -0.1) is 0 Å². The van der Waals surface area contributed by atoms with E-state index in [-0.39, 0.29) is 5.56 Å². The van der Waals surface area contributed by atoms with E-state index in [0.29, 0.717) is 11.3 Å². The molecule has 0 radical (unpaired) electrons. The molecule has 0 aliphatic carbocycles. The van der Waals surface area contributed by atoms with E-state index >= 15 is 0 Å². The highest BCUT2D eigenvalue weighted by molar-refractivity contribution is 5.66. The number of nitrogens with zero attached hydrogens (tertiary/aromatic N) is 2. The number of aromatic nitrogens is 2. The predicted octanol–water partition coefficient (Wildman–Crippen LogP) is 2.67. The largest absolute Gasteiger partial charge is 0.275 e. The van der Waals surface area contributed by atoms with Gasteiger partial charge in [0.1, 0.15) is 11.6 Å². The first-order chi connectivity index (χ1) is 7.09. The van der Waals surface area contributed by atoms with Gasteiger partial charge in [-0.3, -0.25) is 4.68 Å². The Morgan fingerprint density at radius 2 is 1.80 bits per heavy atom. The monoisotopic (exact) mass is 208 g/mol. The Labute approximate surface area is 86.2 Å². The van der Waals surface area contributed by atoms with Gasteiger partial charge >= 0.3 is 0 Å². The van der Waals surface area contributed by atoms with Gasteiger partial charge in [0.05, 0.1) is 11.3 Å². The maximum absolute atomic E-state index is 13.4. The van der Waals surface area contributed by atoms with E-state index in [4.69, 9.17) is 0 Å². The lowest BCUT2D eigenvalue weighted by Gasteiger charge is -2.02. The van der Waals surface area contributed by atoms with Gasteiger partial charge in [0.2, 0.25) is 0 Å². The average molecular weight is 208 g/mol. The molecule has 0 N–H and O–H groups in total. The Hall–Kier alpha value is -1.71. The van der Waals surface area contributed by atoms with E-state index in [1.807, 2.05) is 0 Å². The van der Waals surface area contributed by atoms with Crippen LogP contribution in [0.5, 0.6) is 0 Å². The molecule has 2 nitrogen and oxygen atoms in total. The molecule has 1 aromatic carbocycles. The first-order valence-corrected chi connectivity index (χ1v) is 4.54. The van der Waals surface area contributed by atoms with Crippen molar-refractivity contribution in [1.29, 1.82) is 0 Å². The van der Waals surface area contributed by atoms with Crippen molar-refractivity contribution in [3.8, 4) is 11.1 Å². The molecule has 2 aromatic rings. The Morgan fingerprint density at radius 1 is 1.20 bits per heavy atom. The molecular formula is C11H10F2N2. The summed E-state index contributed by atoms with van der Waals surface area (Å²) in [6.45, 7) is 1.72. The summed E-state index contributed by atoms with van der Waals surface area (Å²) >= 11 is 0. The third-order valence-electron chi connectivity index (χ3n) is 2.25. The molecule has 0 amide bonds. The fourth-order valence-corrected chi connectivity index (χ4v) is 1.60. The summed E-state index contributed by atoms with van der Waals surface area (Å²) in [4.78, 5) is 0. The summed E-state index contributed by atoms with van der Waals surface area (Å²) in [6, 6.07) is 3.83. The third-order valence-corrected chi connectivity index (χ3v) is 2.25. The average Bonchev–Trinajstić information content (AvgIpc) is 2.45. The van der Waals surface area contributed by atoms with Crippen LogP contribution in [0.15, 0.2) is 24.4 Å². The van der Waals surface area contributed by atoms with E-state index in [9.17, 15) is 8.78 Å². The van der Waals surface area contributed by atoms with Crippen LogP contribution in [0.2, 0.25) is 0 Å². The molecule has 1 aromatic heterocycles. The molecule has 0 spiro atoms. The Bertz CT molecular complexity index is 483. The van der Waals surface area contributed by atoms with Crippen LogP contribution >= 0.6 is 0 Å². The van der Waals surface area contributed by atoms with Gasteiger partial charge in [-0.05, 0) is 19.1 Å². The second kappa shape index (κ2) is 3.46. The normalized spacial score (nSPS) is 10.7. The quantitative estimate of drug-likeness (QED) is 0.704. The van der Waals surface area contributed by atoms with Crippen molar-refractivity contribution >= 4 is 0 Å². The van der Waals surface area contributed by atoms with Gasteiger partial charge < -0.3 is 0 Å². The van der Waals surface area contributed by atoms with Gasteiger partial charge in [0.25, 0.3) is 0 Å². The Kier molecular flexibility index (Phi) is 2.26. The lowest BCUT2D eigenvalue weighted by Crippen LogP contribution is -1.89. The smallest absolute Gasteiger partial charge is 0.134 e. The molecule has 2 rings (SSSR count). The van der Waals surface area contributed by atoms with Crippen LogP contribution in [0.25, 0.3) is 11.1 Å². The zero-order valence-corrected chi connectivity index (χ0v) is 8.46. The van der Waals surface area contributed by atoms with Crippen molar-refractivity contribution in [1.82, 2.24) is 9.78 Å². The summed E-state index contributed by atoms with van der Waals surface area (Å²) in [6.07, 6.45) is 1.61. The van der Waals surface area contributed by atoms with E-state index in [1.165, 1.54) is 22.9 Å². The Balaban J connectivity index is 2.68. The topological polar surface area (TPSA) is 17.8 Å². The third kappa shape index (κ3) is 1.63. The van der Waals surface area contributed by atoms with Crippen molar-refractivity contribution in [2.24, 2.45) is 7.05 Å². The van der Waals surface area contributed by atoms with Gasteiger partial charge in [0, 0.05) is 18.8 Å². The second-order valence-electron chi connectivity index (χ2n) is 3.40. The molecule has 4 heteroatoms. The highest BCUT2D eigenvalue weighted by Crippen LogP contribution is 2.27. The number of halogens is 2. The van der Waals surface area contributed by atoms with Crippen molar-refractivity contribution in [2.75, 3.05) is 0 Å². The van der Waals surface area contributed by atoms with Crippen LogP contribution in [0.4, 0.5) is 8.78 Å². The molecule has 0 fully saturated rings. The zero-order chi connectivity index (χ0) is 11.0. The van der Waals surface area contributed by atoms with E-state index in [2.05, 4.69) is 5.10 Å². The lowest BCUT2D eigenvalue weighted by atomic mass is 10.1.